The van der Waals surface area contributed by atoms with Gasteiger partial charge >= 0.3 is 0 Å². The van der Waals surface area contributed by atoms with E-state index in [0.717, 1.165) is 47.7 Å². The highest BCUT2D eigenvalue weighted by Gasteiger charge is 2.23. The Morgan fingerprint density at radius 3 is 2.96 bits per heavy atom. The van der Waals surface area contributed by atoms with Gasteiger partial charge in [0.05, 0.1) is 17.2 Å². The van der Waals surface area contributed by atoms with Crippen molar-refractivity contribution in [1.82, 2.24) is 15.6 Å². The Kier molecular flexibility index (Phi) is 5.81. The smallest absolute Gasteiger partial charge is 0.191 e. The number of hydrogen-bond acceptors (Lipinski definition) is 4. The molecule has 1 unspecified atom stereocenters. The summed E-state index contributed by atoms with van der Waals surface area (Å²) >= 11 is 7.84. The number of aromatic nitrogens is 1. The summed E-state index contributed by atoms with van der Waals surface area (Å²) in [5.41, 5.74) is 2.27. The lowest BCUT2D eigenvalue weighted by molar-refractivity contribution is 0.649. The van der Waals surface area contributed by atoms with Crippen LogP contribution in [0.3, 0.4) is 0 Å². The average molecular weight is 378 g/mol. The van der Waals surface area contributed by atoms with Gasteiger partial charge in [-0.2, -0.15) is 0 Å². The molecule has 2 N–H and O–H groups in total. The van der Waals surface area contributed by atoms with Crippen LogP contribution in [0.4, 0.5) is 5.69 Å². The molecule has 1 aromatic carbocycles. The summed E-state index contributed by atoms with van der Waals surface area (Å²) < 4.78 is 0. The molecule has 3 rings (SSSR count). The molecule has 1 saturated heterocycles. The highest BCUT2D eigenvalue weighted by atomic mass is 35.5. The third-order valence-electron chi connectivity index (χ3n) is 4.34. The number of rotatable bonds is 4. The van der Waals surface area contributed by atoms with Crippen molar-refractivity contribution in [2.45, 2.75) is 32.9 Å². The number of guanidine groups is 1. The molecule has 1 aromatic heterocycles. The zero-order valence-corrected chi connectivity index (χ0v) is 16.4. The first kappa shape index (κ1) is 18.0. The van der Waals surface area contributed by atoms with Crippen molar-refractivity contribution in [2.75, 3.05) is 25.0 Å². The van der Waals surface area contributed by atoms with Gasteiger partial charge in [-0.1, -0.05) is 17.7 Å². The minimum Gasteiger partial charge on any atom is -0.369 e. The maximum absolute atomic E-state index is 6.10. The van der Waals surface area contributed by atoms with Gasteiger partial charge < -0.3 is 15.5 Å². The molecule has 1 aliphatic heterocycles. The SMILES string of the molecule is CN=C(NCc1sc(C)nc1C)NC1CCN(c2cccc(Cl)c2)C1. The van der Waals surface area contributed by atoms with Gasteiger partial charge in [0.2, 0.25) is 0 Å². The van der Waals surface area contributed by atoms with E-state index in [2.05, 4.69) is 38.5 Å². The largest absolute Gasteiger partial charge is 0.369 e. The van der Waals surface area contributed by atoms with Gasteiger partial charge in [0, 0.05) is 41.8 Å². The predicted octanol–water partition coefficient (Wildman–Crippen LogP) is 3.36. The lowest BCUT2D eigenvalue weighted by Crippen LogP contribution is -2.44. The summed E-state index contributed by atoms with van der Waals surface area (Å²) in [6.07, 6.45) is 1.08. The molecule has 1 aliphatic rings. The van der Waals surface area contributed by atoms with Crippen molar-refractivity contribution in [2.24, 2.45) is 4.99 Å². The van der Waals surface area contributed by atoms with Crippen LogP contribution >= 0.6 is 22.9 Å². The highest BCUT2D eigenvalue weighted by molar-refractivity contribution is 7.11. The van der Waals surface area contributed by atoms with Gasteiger partial charge in [0.15, 0.2) is 5.96 Å². The van der Waals surface area contributed by atoms with Crippen LogP contribution in [0.1, 0.15) is 22.0 Å². The second-order valence-electron chi connectivity index (χ2n) is 6.22. The Bertz CT molecular complexity index is 758. The third-order valence-corrected chi connectivity index (χ3v) is 5.65. The van der Waals surface area contributed by atoms with Crippen molar-refractivity contribution >= 4 is 34.6 Å². The fraction of sp³-hybridized carbons (Fsp3) is 0.444. The molecular weight excluding hydrogens is 354 g/mol. The van der Waals surface area contributed by atoms with Crippen LogP contribution in [0.5, 0.6) is 0 Å². The van der Waals surface area contributed by atoms with Crippen molar-refractivity contribution in [1.29, 1.82) is 0 Å². The molecule has 2 aromatic rings. The summed E-state index contributed by atoms with van der Waals surface area (Å²) in [4.78, 5) is 12.4. The lowest BCUT2D eigenvalue weighted by Gasteiger charge is -2.20. The molecule has 0 aliphatic carbocycles. The predicted molar refractivity (Wildman–Crippen MR) is 107 cm³/mol. The minimum absolute atomic E-state index is 0.370. The van der Waals surface area contributed by atoms with Crippen molar-refractivity contribution in [3.8, 4) is 0 Å². The van der Waals surface area contributed by atoms with E-state index in [9.17, 15) is 0 Å². The Balaban J connectivity index is 1.53. The number of nitrogens with zero attached hydrogens (tertiary/aromatic N) is 3. The van der Waals surface area contributed by atoms with Crippen molar-refractivity contribution in [3.05, 3.63) is 44.9 Å². The normalized spacial score (nSPS) is 17.8. The zero-order chi connectivity index (χ0) is 17.8. The Labute approximate surface area is 158 Å². The number of anilines is 1. The lowest BCUT2D eigenvalue weighted by atomic mass is 10.2. The van der Waals surface area contributed by atoms with E-state index in [1.807, 2.05) is 32.2 Å². The number of nitrogens with one attached hydrogen (secondary N) is 2. The van der Waals surface area contributed by atoms with E-state index in [0.29, 0.717) is 6.04 Å². The minimum atomic E-state index is 0.370. The highest BCUT2D eigenvalue weighted by Crippen LogP contribution is 2.23. The maximum Gasteiger partial charge on any atom is 0.191 e. The van der Waals surface area contributed by atoms with Crippen LogP contribution in [0.2, 0.25) is 5.02 Å². The van der Waals surface area contributed by atoms with Gasteiger partial charge in [-0.3, -0.25) is 4.99 Å². The van der Waals surface area contributed by atoms with Gasteiger partial charge in [0.25, 0.3) is 0 Å². The number of thiazole rings is 1. The summed E-state index contributed by atoms with van der Waals surface area (Å²) in [7, 11) is 1.81. The van der Waals surface area contributed by atoms with E-state index < -0.39 is 0 Å². The maximum atomic E-state index is 6.10. The van der Waals surface area contributed by atoms with Crippen LogP contribution < -0.4 is 15.5 Å². The molecule has 0 bridgehead atoms. The Morgan fingerprint density at radius 2 is 2.28 bits per heavy atom. The third kappa shape index (κ3) is 4.64. The number of aliphatic imine (C=N–C) groups is 1. The standard InChI is InChI=1S/C18H24ClN5S/c1-12-17(25-13(2)22-12)10-21-18(20-3)23-15-7-8-24(11-15)16-6-4-5-14(19)9-16/h4-6,9,15H,7-8,10-11H2,1-3H3,(H2,20,21,23). The van der Waals surface area contributed by atoms with E-state index in [-0.39, 0.29) is 0 Å². The summed E-state index contributed by atoms with van der Waals surface area (Å²) in [5, 5.41) is 8.81. The van der Waals surface area contributed by atoms with Crippen molar-refractivity contribution < 1.29 is 0 Å². The molecule has 0 saturated carbocycles. The molecule has 7 heteroatoms. The number of halogens is 1. The first-order valence-corrected chi connectivity index (χ1v) is 9.65. The van der Waals surface area contributed by atoms with Crippen LogP contribution in [0, 0.1) is 13.8 Å². The molecule has 5 nitrogen and oxygen atoms in total. The van der Waals surface area contributed by atoms with Crippen LogP contribution in [-0.4, -0.2) is 37.1 Å². The molecule has 0 spiro atoms. The molecule has 134 valence electrons. The average Bonchev–Trinajstić information content (AvgIpc) is 3.17. The van der Waals surface area contributed by atoms with Crippen LogP contribution in [0.15, 0.2) is 29.3 Å². The number of aryl methyl sites for hydroxylation is 2. The molecule has 1 fully saturated rings. The molecule has 1 atom stereocenters. The summed E-state index contributed by atoms with van der Waals surface area (Å²) in [6.45, 7) is 6.80. The summed E-state index contributed by atoms with van der Waals surface area (Å²) in [6, 6.07) is 8.40. The fourth-order valence-electron chi connectivity index (χ4n) is 3.07. The molecule has 2 heterocycles. The van der Waals surface area contributed by atoms with Gasteiger partial charge in [0.1, 0.15) is 0 Å². The second-order valence-corrected chi connectivity index (χ2v) is 7.95. The zero-order valence-electron chi connectivity index (χ0n) is 14.8. The van der Waals surface area contributed by atoms with Crippen LogP contribution in [0.25, 0.3) is 0 Å². The van der Waals surface area contributed by atoms with E-state index in [1.54, 1.807) is 11.3 Å². The quantitative estimate of drug-likeness (QED) is 0.633. The number of benzene rings is 1. The van der Waals surface area contributed by atoms with Gasteiger partial charge in [-0.25, -0.2) is 4.98 Å². The van der Waals surface area contributed by atoms with E-state index in [1.165, 1.54) is 10.6 Å². The molecule has 25 heavy (non-hydrogen) atoms. The molecule has 0 amide bonds. The first-order chi connectivity index (χ1) is 12.0. The second kappa shape index (κ2) is 8.06. The van der Waals surface area contributed by atoms with E-state index in [4.69, 9.17) is 11.6 Å². The van der Waals surface area contributed by atoms with Crippen molar-refractivity contribution in [3.63, 3.8) is 0 Å². The first-order valence-electron chi connectivity index (χ1n) is 8.45. The van der Waals surface area contributed by atoms with E-state index >= 15 is 0 Å². The van der Waals surface area contributed by atoms with Crippen LogP contribution in [-0.2, 0) is 6.54 Å². The topological polar surface area (TPSA) is 52.6 Å². The fourth-order valence-corrected chi connectivity index (χ4v) is 4.14. The summed E-state index contributed by atoms with van der Waals surface area (Å²) in [5.74, 6) is 0.836. The molecule has 0 radical (unpaired) electrons. The number of hydrogen-bond donors (Lipinski definition) is 2. The Morgan fingerprint density at radius 1 is 1.44 bits per heavy atom. The van der Waals surface area contributed by atoms with Gasteiger partial charge in [-0.15, -0.1) is 11.3 Å². The molecular formula is C18H24ClN5S. The monoisotopic (exact) mass is 377 g/mol. The Hall–Kier alpha value is -1.79. The van der Waals surface area contributed by atoms with Gasteiger partial charge in [-0.05, 0) is 38.5 Å².